The van der Waals surface area contributed by atoms with E-state index in [1.54, 1.807) is 6.20 Å². The molecule has 0 fully saturated rings. The molecule has 0 spiro atoms. The van der Waals surface area contributed by atoms with Gasteiger partial charge < -0.3 is 11.1 Å². The average molecular weight is 266 g/mol. The first-order valence-electron chi connectivity index (χ1n) is 6.41. The van der Waals surface area contributed by atoms with Crippen molar-refractivity contribution in [1.82, 2.24) is 15.1 Å². The maximum Gasteiger partial charge on any atom is 0.254 e. The number of nitrogens with zero attached hydrogens (tertiary/aromatic N) is 2. The number of aromatic nitrogens is 2. The molecule has 0 aliphatic carbocycles. The molecule has 3 N–H and O–H groups in total. The Morgan fingerprint density at radius 3 is 2.53 bits per heavy atom. The van der Waals surface area contributed by atoms with Crippen molar-refractivity contribution in [3.05, 3.63) is 17.5 Å². The van der Waals surface area contributed by atoms with Crippen LogP contribution < -0.4 is 11.1 Å². The van der Waals surface area contributed by atoms with E-state index < -0.39 is 5.91 Å². The van der Waals surface area contributed by atoms with Crippen LogP contribution in [0.3, 0.4) is 0 Å². The van der Waals surface area contributed by atoms with Crippen LogP contribution in [0.1, 0.15) is 50.2 Å². The molecule has 0 radical (unpaired) electrons. The summed E-state index contributed by atoms with van der Waals surface area (Å²) < 4.78 is 1.86. The third-order valence-electron chi connectivity index (χ3n) is 2.74. The van der Waals surface area contributed by atoms with Gasteiger partial charge in [-0.1, -0.05) is 6.92 Å². The fourth-order valence-electron chi connectivity index (χ4n) is 1.88. The highest BCUT2D eigenvalue weighted by molar-refractivity contribution is 5.95. The van der Waals surface area contributed by atoms with Crippen LogP contribution in [0.25, 0.3) is 0 Å². The standard InChI is InChI=1S/C13H22N4O2/c1-5-10-9(8-16-17(10)13(2,3)4)12(19)15-7-6-11(14)18/h8H,5-7H2,1-4H3,(H2,14,18)(H,15,19). The van der Waals surface area contributed by atoms with Gasteiger partial charge >= 0.3 is 0 Å². The van der Waals surface area contributed by atoms with Gasteiger partial charge in [0.05, 0.1) is 23.0 Å². The fourth-order valence-corrected chi connectivity index (χ4v) is 1.88. The van der Waals surface area contributed by atoms with Gasteiger partial charge in [-0.05, 0) is 27.2 Å². The van der Waals surface area contributed by atoms with Crippen molar-refractivity contribution in [3.8, 4) is 0 Å². The van der Waals surface area contributed by atoms with E-state index in [9.17, 15) is 9.59 Å². The van der Waals surface area contributed by atoms with Crippen LogP contribution in [0.4, 0.5) is 0 Å². The number of nitrogens with one attached hydrogen (secondary N) is 1. The SMILES string of the molecule is CCc1c(C(=O)NCCC(N)=O)cnn1C(C)(C)C. The Morgan fingerprint density at radius 2 is 2.05 bits per heavy atom. The lowest BCUT2D eigenvalue weighted by Gasteiger charge is -2.22. The van der Waals surface area contributed by atoms with E-state index in [4.69, 9.17) is 5.73 Å². The zero-order valence-electron chi connectivity index (χ0n) is 12.0. The molecule has 0 atom stereocenters. The molecular formula is C13H22N4O2. The third kappa shape index (κ3) is 3.81. The normalized spacial score (nSPS) is 11.4. The molecule has 1 aromatic rings. The number of carbonyl (C=O) groups is 2. The molecule has 0 aliphatic rings. The maximum atomic E-state index is 12.0. The first-order chi connectivity index (χ1) is 8.77. The van der Waals surface area contributed by atoms with Crippen molar-refractivity contribution >= 4 is 11.8 Å². The lowest BCUT2D eigenvalue weighted by Crippen LogP contribution is -2.29. The molecule has 0 saturated carbocycles. The summed E-state index contributed by atoms with van der Waals surface area (Å²) in [6.45, 7) is 8.34. The number of nitrogens with two attached hydrogens (primary N) is 1. The molecular weight excluding hydrogens is 244 g/mol. The molecule has 106 valence electrons. The van der Waals surface area contributed by atoms with Crippen molar-refractivity contribution in [3.63, 3.8) is 0 Å². The monoisotopic (exact) mass is 266 g/mol. The molecule has 1 heterocycles. The minimum Gasteiger partial charge on any atom is -0.370 e. The molecule has 0 aromatic carbocycles. The van der Waals surface area contributed by atoms with Gasteiger partial charge in [0, 0.05) is 13.0 Å². The Morgan fingerprint density at radius 1 is 1.42 bits per heavy atom. The number of hydrogen-bond donors (Lipinski definition) is 2. The molecule has 19 heavy (non-hydrogen) atoms. The quantitative estimate of drug-likeness (QED) is 0.826. The largest absolute Gasteiger partial charge is 0.370 e. The molecule has 0 unspecified atom stereocenters. The smallest absolute Gasteiger partial charge is 0.254 e. The Kier molecular flexibility index (Phi) is 4.69. The summed E-state index contributed by atoms with van der Waals surface area (Å²) in [5.74, 6) is -0.644. The van der Waals surface area contributed by atoms with E-state index in [1.165, 1.54) is 0 Å². The first kappa shape index (κ1) is 15.2. The van der Waals surface area contributed by atoms with Gasteiger partial charge in [-0.3, -0.25) is 14.3 Å². The first-order valence-corrected chi connectivity index (χ1v) is 6.41. The summed E-state index contributed by atoms with van der Waals surface area (Å²) in [6.07, 6.45) is 2.43. The van der Waals surface area contributed by atoms with E-state index in [0.29, 0.717) is 5.56 Å². The zero-order chi connectivity index (χ0) is 14.6. The summed E-state index contributed by atoms with van der Waals surface area (Å²) >= 11 is 0. The highest BCUT2D eigenvalue weighted by atomic mass is 16.2. The molecule has 6 heteroatoms. The van der Waals surface area contributed by atoms with E-state index in [-0.39, 0.29) is 24.4 Å². The van der Waals surface area contributed by atoms with Crippen LogP contribution in [0.15, 0.2) is 6.20 Å². The van der Waals surface area contributed by atoms with Crippen molar-refractivity contribution in [2.45, 2.75) is 46.1 Å². The molecule has 2 amide bonds. The number of primary amides is 1. The van der Waals surface area contributed by atoms with Crippen molar-refractivity contribution in [2.24, 2.45) is 5.73 Å². The number of hydrogen-bond acceptors (Lipinski definition) is 3. The second kappa shape index (κ2) is 5.86. The van der Waals surface area contributed by atoms with Gasteiger partial charge in [0.2, 0.25) is 5.91 Å². The molecule has 0 saturated heterocycles. The Labute approximate surface area is 113 Å². The highest BCUT2D eigenvalue weighted by Crippen LogP contribution is 2.19. The van der Waals surface area contributed by atoms with Crippen LogP contribution in [0.5, 0.6) is 0 Å². The highest BCUT2D eigenvalue weighted by Gasteiger charge is 2.22. The van der Waals surface area contributed by atoms with Crippen LogP contribution in [-0.2, 0) is 16.8 Å². The molecule has 0 aliphatic heterocycles. The molecule has 1 aromatic heterocycles. The van der Waals surface area contributed by atoms with Gasteiger partial charge in [0.25, 0.3) is 5.91 Å². The van der Waals surface area contributed by atoms with E-state index >= 15 is 0 Å². The predicted molar refractivity (Wildman–Crippen MR) is 72.7 cm³/mol. The second-order valence-electron chi connectivity index (χ2n) is 5.41. The Balaban J connectivity index is 2.86. The van der Waals surface area contributed by atoms with Crippen molar-refractivity contribution in [2.75, 3.05) is 6.54 Å². The van der Waals surface area contributed by atoms with E-state index in [1.807, 2.05) is 32.4 Å². The zero-order valence-corrected chi connectivity index (χ0v) is 12.0. The maximum absolute atomic E-state index is 12.0. The fraction of sp³-hybridized carbons (Fsp3) is 0.615. The molecule has 6 nitrogen and oxygen atoms in total. The lowest BCUT2D eigenvalue weighted by atomic mass is 10.1. The van der Waals surface area contributed by atoms with Crippen LogP contribution in [0, 0.1) is 0 Å². The van der Waals surface area contributed by atoms with Gasteiger partial charge in [0.1, 0.15) is 0 Å². The Bertz CT molecular complexity index is 471. The summed E-state index contributed by atoms with van der Waals surface area (Å²) in [5.41, 5.74) is 6.31. The number of rotatable bonds is 5. The summed E-state index contributed by atoms with van der Waals surface area (Å²) in [4.78, 5) is 22.7. The van der Waals surface area contributed by atoms with Crippen LogP contribution in [-0.4, -0.2) is 28.1 Å². The summed E-state index contributed by atoms with van der Waals surface area (Å²) in [7, 11) is 0. The number of carbonyl (C=O) groups excluding carboxylic acids is 2. The third-order valence-corrected chi connectivity index (χ3v) is 2.74. The summed E-state index contributed by atoms with van der Waals surface area (Å²) in [5, 5.41) is 6.96. The van der Waals surface area contributed by atoms with Crippen molar-refractivity contribution < 1.29 is 9.59 Å². The molecule has 1 rings (SSSR count). The average Bonchev–Trinajstić information content (AvgIpc) is 2.71. The summed E-state index contributed by atoms with van der Waals surface area (Å²) in [6, 6.07) is 0. The minimum atomic E-state index is -0.429. The van der Waals surface area contributed by atoms with Gasteiger partial charge in [0.15, 0.2) is 0 Å². The molecule has 0 bridgehead atoms. The van der Waals surface area contributed by atoms with Gasteiger partial charge in [-0.15, -0.1) is 0 Å². The van der Waals surface area contributed by atoms with Crippen molar-refractivity contribution in [1.29, 1.82) is 0 Å². The van der Waals surface area contributed by atoms with E-state index in [0.717, 1.165) is 12.1 Å². The second-order valence-corrected chi connectivity index (χ2v) is 5.41. The minimum absolute atomic E-state index is 0.139. The lowest BCUT2D eigenvalue weighted by molar-refractivity contribution is -0.117. The Hall–Kier alpha value is -1.85. The predicted octanol–water partition coefficient (Wildman–Crippen LogP) is 0.806. The topological polar surface area (TPSA) is 90.0 Å². The van der Waals surface area contributed by atoms with Gasteiger partial charge in [-0.25, -0.2) is 0 Å². The number of amides is 2. The van der Waals surface area contributed by atoms with Crippen LogP contribution in [0.2, 0.25) is 0 Å². The van der Waals surface area contributed by atoms with Gasteiger partial charge in [-0.2, -0.15) is 5.10 Å². The van der Waals surface area contributed by atoms with Crippen LogP contribution >= 0.6 is 0 Å². The van der Waals surface area contributed by atoms with E-state index in [2.05, 4.69) is 10.4 Å².